The molecule has 2 N–H and O–H groups in total. The van der Waals surface area contributed by atoms with Gasteiger partial charge in [0.1, 0.15) is 0 Å². The third kappa shape index (κ3) is 6.11. The maximum atomic E-state index is 13.1. The Balaban J connectivity index is 1.41. The molecule has 178 valence electrons. The fraction of sp³-hybridized carbons (Fsp3) is 0.148. The normalized spacial score (nSPS) is 10.7. The van der Waals surface area contributed by atoms with Gasteiger partial charge in [0.2, 0.25) is 5.78 Å². The van der Waals surface area contributed by atoms with Crippen LogP contribution in [0.1, 0.15) is 33.0 Å². The molecular formula is C27H25ClN4OS2. The van der Waals surface area contributed by atoms with Crippen LogP contribution in [0.5, 0.6) is 0 Å². The van der Waals surface area contributed by atoms with Crippen LogP contribution < -0.4 is 10.6 Å². The lowest BCUT2D eigenvalue weighted by Crippen LogP contribution is -2.19. The van der Waals surface area contributed by atoms with Crippen LogP contribution in [0.3, 0.4) is 0 Å². The highest BCUT2D eigenvalue weighted by atomic mass is 35.5. The van der Waals surface area contributed by atoms with Crippen molar-refractivity contribution in [2.75, 3.05) is 16.9 Å². The van der Waals surface area contributed by atoms with Crippen molar-refractivity contribution in [2.24, 2.45) is 7.05 Å². The molecular weight excluding hydrogens is 496 g/mol. The summed E-state index contributed by atoms with van der Waals surface area (Å²) in [5, 5.41) is 7.45. The van der Waals surface area contributed by atoms with Crippen LogP contribution in [0.4, 0.5) is 11.4 Å². The molecule has 0 aliphatic heterocycles. The Morgan fingerprint density at radius 3 is 2.31 bits per heavy atom. The number of hydrogen-bond donors (Lipinski definition) is 2. The smallest absolute Gasteiger partial charge is 0.209 e. The van der Waals surface area contributed by atoms with E-state index in [0.717, 1.165) is 28.3 Å². The number of rotatable bonds is 7. The number of ketones is 1. The first-order valence-electron chi connectivity index (χ1n) is 11.0. The minimum Gasteiger partial charge on any atom is -0.344 e. The van der Waals surface area contributed by atoms with E-state index in [9.17, 15) is 4.79 Å². The van der Waals surface area contributed by atoms with E-state index < -0.39 is 0 Å². The number of pyridine rings is 1. The first-order valence-corrected chi connectivity index (χ1v) is 13.0. The van der Waals surface area contributed by atoms with Crippen LogP contribution in [0, 0.1) is 6.92 Å². The summed E-state index contributed by atoms with van der Waals surface area (Å²) in [7, 11) is 1.91. The lowest BCUT2D eigenvalue weighted by molar-refractivity contribution is 0.103. The van der Waals surface area contributed by atoms with Crippen LogP contribution in [0.15, 0.2) is 77.8 Å². The topological polar surface area (TPSA) is 58.9 Å². The van der Waals surface area contributed by atoms with Crippen LogP contribution in [-0.4, -0.2) is 26.7 Å². The number of carbonyl (C=O) groups is 1. The van der Waals surface area contributed by atoms with Crippen molar-refractivity contribution in [1.29, 1.82) is 0 Å². The minimum absolute atomic E-state index is 0.0236. The van der Waals surface area contributed by atoms with Crippen molar-refractivity contribution in [3.63, 3.8) is 0 Å². The second-order valence-corrected chi connectivity index (χ2v) is 9.81. The summed E-state index contributed by atoms with van der Waals surface area (Å²) < 4.78 is 1.95. The zero-order valence-corrected chi connectivity index (χ0v) is 22.0. The number of aryl methyl sites for hydroxylation is 1. The molecule has 35 heavy (non-hydrogen) atoms. The quantitative estimate of drug-likeness (QED) is 0.160. The fourth-order valence-electron chi connectivity index (χ4n) is 3.82. The van der Waals surface area contributed by atoms with Crippen molar-refractivity contribution >= 4 is 57.9 Å². The fourth-order valence-corrected chi connectivity index (χ4v) is 4.59. The first-order chi connectivity index (χ1) is 16.8. The SMILES string of the molecule is CSc1ccc(NC(=S)Nc2ccc(Cc3cc(C)c(C(=O)c4ccc(Cl)cc4)n3C)nc2)cc1. The van der Waals surface area contributed by atoms with E-state index >= 15 is 0 Å². The van der Waals surface area contributed by atoms with Gasteiger partial charge in [0, 0.05) is 46.0 Å². The number of nitrogens with zero attached hydrogens (tertiary/aromatic N) is 2. The number of anilines is 2. The van der Waals surface area contributed by atoms with Gasteiger partial charge in [-0.15, -0.1) is 11.8 Å². The zero-order valence-electron chi connectivity index (χ0n) is 19.6. The molecule has 0 amide bonds. The maximum Gasteiger partial charge on any atom is 0.209 e. The molecule has 4 rings (SSSR count). The van der Waals surface area contributed by atoms with Gasteiger partial charge >= 0.3 is 0 Å². The maximum absolute atomic E-state index is 13.1. The van der Waals surface area contributed by atoms with E-state index in [-0.39, 0.29) is 5.78 Å². The lowest BCUT2D eigenvalue weighted by atomic mass is 10.1. The Bertz CT molecular complexity index is 1350. The molecule has 5 nitrogen and oxygen atoms in total. The molecule has 0 bridgehead atoms. The molecule has 2 heterocycles. The Labute approximate surface area is 219 Å². The van der Waals surface area contributed by atoms with Gasteiger partial charge in [-0.1, -0.05) is 11.6 Å². The molecule has 2 aromatic carbocycles. The molecule has 0 spiro atoms. The van der Waals surface area contributed by atoms with Crippen LogP contribution in [-0.2, 0) is 13.5 Å². The molecule has 0 radical (unpaired) electrons. The molecule has 4 aromatic rings. The average molecular weight is 521 g/mol. The highest BCUT2D eigenvalue weighted by Gasteiger charge is 2.19. The molecule has 0 fully saturated rings. The van der Waals surface area contributed by atoms with Crippen molar-refractivity contribution in [2.45, 2.75) is 18.2 Å². The summed E-state index contributed by atoms with van der Waals surface area (Å²) in [6.45, 7) is 1.95. The number of benzene rings is 2. The number of halogens is 1. The summed E-state index contributed by atoms with van der Waals surface area (Å²) in [5.74, 6) is -0.0236. The Morgan fingerprint density at radius 2 is 1.69 bits per heavy atom. The third-order valence-corrected chi connectivity index (χ3v) is 6.84. The van der Waals surface area contributed by atoms with Crippen molar-refractivity contribution < 1.29 is 4.79 Å². The summed E-state index contributed by atoms with van der Waals surface area (Å²) in [4.78, 5) is 18.9. The summed E-state index contributed by atoms with van der Waals surface area (Å²) >= 11 is 13.1. The number of thiocarbonyl (C=S) groups is 1. The second-order valence-electron chi connectivity index (χ2n) is 8.08. The number of thioether (sulfide) groups is 1. The monoisotopic (exact) mass is 520 g/mol. The predicted octanol–water partition coefficient (Wildman–Crippen LogP) is 6.73. The van der Waals surface area contributed by atoms with Gasteiger partial charge in [-0.05, 0) is 97.7 Å². The number of aromatic nitrogens is 2. The largest absolute Gasteiger partial charge is 0.344 e. The molecule has 8 heteroatoms. The zero-order chi connectivity index (χ0) is 24.9. The predicted molar refractivity (Wildman–Crippen MR) is 150 cm³/mol. The van der Waals surface area contributed by atoms with E-state index in [1.165, 1.54) is 4.90 Å². The molecule has 0 atom stereocenters. The average Bonchev–Trinajstić information content (AvgIpc) is 3.13. The molecule has 0 saturated heterocycles. The molecule has 0 unspecified atom stereocenters. The Kier molecular flexibility index (Phi) is 7.90. The van der Waals surface area contributed by atoms with Gasteiger partial charge < -0.3 is 15.2 Å². The van der Waals surface area contributed by atoms with Gasteiger partial charge in [-0.25, -0.2) is 0 Å². The van der Waals surface area contributed by atoms with Crippen LogP contribution >= 0.6 is 35.6 Å². The third-order valence-electron chi connectivity index (χ3n) is 5.64. The number of nitrogens with one attached hydrogen (secondary N) is 2. The minimum atomic E-state index is -0.0236. The standard InChI is InChI=1S/C27H25ClN4OS2/c1-17-14-23(32(2)25(17)26(33)18-4-6-19(28)7-5-18)15-21-8-9-22(16-29-21)31-27(34)30-20-10-12-24(35-3)13-11-20/h4-14,16H,15H2,1-3H3,(H2,30,31,34). The summed E-state index contributed by atoms with van der Waals surface area (Å²) in [6.07, 6.45) is 4.41. The van der Waals surface area contributed by atoms with Gasteiger partial charge in [0.15, 0.2) is 5.11 Å². The number of hydrogen-bond acceptors (Lipinski definition) is 4. The second kappa shape index (κ2) is 11.1. The summed E-state index contributed by atoms with van der Waals surface area (Å²) in [6, 6.07) is 21.0. The van der Waals surface area contributed by atoms with E-state index in [1.807, 2.05) is 67.3 Å². The van der Waals surface area contributed by atoms with Crippen LogP contribution in [0.25, 0.3) is 0 Å². The van der Waals surface area contributed by atoms with Crippen molar-refractivity contribution in [3.05, 3.63) is 106 Å². The molecule has 2 aromatic heterocycles. The molecule has 0 saturated carbocycles. The molecule has 0 aliphatic carbocycles. The van der Waals surface area contributed by atoms with E-state index in [4.69, 9.17) is 23.8 Å². The van der Waals surface area contributed by atoms with E-state index in [0.29, 0.717) is 27.8 Å². The molecule has 0 aliphatic rings. The van der Waals surface area contributed by atoms with Crippen LogP contribution in [0.2, 0.25) is 5.02 Å². The van der Waals surface area contributed by atoms with Crippen molar-refractivity contribution in [3.8, 4) is 0 Å². The Morgan fingerprint density at radius 1 is 1.03 bits per heavy atom. The van der Waals surface area contributed by atoms with Gasteiger partial charge in [-0.3, -0.25) is 9.78 Å². The first kappa shape index (κ1) is 25.0. The summed E-state index contributed by atoms with van der Waals surface area (Å²) in [5.41, 5.74) is 5.85. The Hall–Kier alpha value is -3.13. The highest BCUT2D eigenvalue weighted by molar-refractivity contribution is 7.98. The van der Waals surface area contributed by atoms with Crippen molar-refractivity contribution in [1.82, 2.24) is 9.55 Å². The van der Waals surface area contributed by atoms with Gasteiger partial charge in [-0.2, -0.15) is 0 Å². The van der Waals surface area contributed by atoms with E-state index in [1.54, 1.807) is 42.2 Å². The van der Waals surface area contributed by atoms with Gasteiger partial charge in [0.25, 0.3) is 0 Å². The van der Waals surface area contributed by atoms with E-state index in [2.05, 4.69) is 15.6 Å². The number of carbonyl (C=O) groups excluding carboxylic acids is 1. The highest BCUT2D eigenvalue weighted by Crippen LogP contribution is 2.22. The van der Waals surface area contributed by atoms with Gasteiger partial charge in [0.05, 0.1) is 17.6 Å². The lowest BCUT2D eigenvalue weighted by Gasteiger charge is -2.11.